The summed E-state index contributed by atoms with van der Waals surface area (Å²) in [6, 6.07) is 0. The van der Waals surface area contributed by atoms with E-state index in [-0.39, 0.29) is 50.8 Å². The number of ether oxygens (including phenoxy) is 4. The van der Waals surface area contributed by atoms with Crippen molar-refractivity contribution in [2.24, 2.45) is 0 Å². The summed E-state index contributed by atoms with van der Waals surface area (Å²) in [7, 11) is 0. The topological polar surface area (TPSA) is 71.1 Å². The molecule has 1 atom stereocenters. The molecule has 0 aliphatic heterocycles. The summed E-state index contributed by atoms with van der Waals surface area (Å²) in [4.78, 5) is 21.6. The molecule has 16 heavy (non-hydrogen) atoms. The Labute approximate surface area is 118 Å². The van der Waals surface area contributed by atoms with E-state index in [2.05, 4.69) is 14.2 Å². The Morgan fingerprint density at radius 3 is 2.06 bits per heavy atom. The normalized spacial score (nSPS) is 10.7. The summed E-state index contributed by atoms with van der Waals surface area (Å²) in [6.45, 7) is 5.34. The smallest absolute Gasteiger partial charge is 1.00 e. The van der Waals surface area contributed by atoms with Crippen LogP contribution in [0.25, 0.3) is 0 Å². The average molecular weight is 244 g/mol. The second-order valence-corrected chi connectivity index (χ2v) is 2.61. The Hall–Kier alpha value is -0.460. The molecule has 0 heterocycles. The summed E-state index contributed by atoms with van der Waals surface area (Å²) in [5.41, 5.74) is 0. The fraction of sp³-hybridized carbons (Fsp3) is 0.778. The van der Waals surface area contributed by atoms with Crippen LogP contribution >= 0.6 is 0 Å². The van der Waals surface area contributed by atoms with E-state index in [4.69, 9.17) is 4.74 Å². The Bertz CT molecular complexity index is 214. The molecule has 0 radical (unpaired) electrons. The molecule has 90 valence electrons. The molecular weight excluding hydrogens is 227 g/mol. The van der Waals surface area contributed by atoms with Crippen LogP contribution in [0.5, 0.6) is 0 Å². The minimum Gasteiger partial charge on any atom is -1.00 e. The van der Waals surface area contributed by atoms with Gasteiger partial charge in [-0.15, -0.1) is 0 Å². The number of carbonyl (C=O) groups excluding carboxylic acids is 2. The fourth-order valence-electron chi connectivity index (χ4n) is 0.695. The number of hydrogen-bond donors (Lipinski definition) is 0. The van der Waals surface area contributed by atoms with E-state index in [1.165, 1.54) is 0 Å². The van der Waals surface area contributed by atoms with Gasteiger partial charge < -0.3 is 20.4 Å². The third-order valence-corrected chi connectivity index (χ3v) is 1.26. The van der Waals surface area contributed by atoms with Gasteiger partial charge in [0.1, 0.15) is 12.7 Å². The quantitative estimate of drug-likeness (QED) is 0.448. The standard InChI is InChI=1S/C9H16O6.Na.H/c1-4-12-8(10)14-6-7(3)15-9(11)13-5-2;;/h7H,4-6H2,1-3H3;;/q;+1;-1. The molecule has 6 nitrogen and oxygen atoms in total. The first-order valence-corrected chi connectivity index (χ1v) is 4.73. The molecular formula is C9H17NaO6. The van der Waals surface area contributed by atoms with Gasteiger partial charge >= 0.3 is 41.9 Å². The van der Waals surface area contributed by atoms with Crippen molar-refractivity contribution < 1.29 is 59.5 Å². The Morgan fingerprint density at radius 2 is 1.56 bits per heavy atom. The minimum absolute atomic E-state index is 0. The van der Waals surface area contributed by atoms with Crippen LogP contribution in [0.3, 0.4) is 0 Å². The molecule has 0 bridgehead atoms. The fourth-order valence-corrected chi connectivity index (χ4v) is 0.695. The Morgan fingerprint density at radius 1 is 1.06 bits per heavy atom. The van der Waals surface area contributed by atoms with E-state index in [1.54, 1.807) is 20.8 Å². The summed E-state index contributed by atoms with van der Waals surface area (Å²) < 4.78 is 18.4. The van der Waals surface area contributed by atoms with E-state index in [1.807, 2.05) is 0 Å². The molecule has 0 aromatic heterocycles. The third kappa shape index (κ3) is 10.1. The predicted octanol–water partition coefficient (Wildman–Crippen LogP) is -1.16. The third-order valence-electron chi connectivity index (χ3n) is 1.26. The zero-order valence-corrected chi connectivity index (χ0v) is 12.1. The summed E-state index contributed by atoms with van der Waals surface area (Å²) in [5.74, 6) is 0. The van der Waals surface area contributed by atoms with Gasteiger partial charge in [-0.05, 0) is 20.8 Å². The van der Waals surface area contributed by atoms with Crippen molar-refractivity contribution in [1.29, 1.82) is 0 Å². The SMILES string of the molecule is CCOC(=O)OCC(C)OC(=O)OCC.[H-].[Na+]. The van der Waals surface area contributed by atoms with E-state index >= 15 is 0 Å². The molecule has 0 rings (SSSR count). The first-order valence-electron chi connectivity index (χ1n) is 4.73. The van der Waals surface area contributed by atoms with E-state index < -0.39 is 18.4 Å². The molecule has 0 spiro atoms. The number of rotatable bonds is 5. The summed E-state index contributed by atoms with van der Waals surface area (Å²) in [6.07, 6.45) is -2.12. The van der Waals surface area contributed by atoms with Crippen molar-refractivity contribution in [3.8, 4) is 0 Å². The molecule has 0 aliphatic carbocycles. The first kappa shape index (κ1) is 17.9. The van der Waals surface area contributed by atoms with Gasteiger partial charge in [0.2, 0.25) is 0 Å². The molecule has 0 fully saturated rings. The van der Waals surface area contributed by atoms with Gasteiger partial charge in [-0.2, -0.15) is 0 Å². The van der Waals surface area contributed by atoms with Gasteiger partial charge in [-0.25, -0.2) is 9.59 Å². The molecule has 0 aromatic carbocycles. The first-order chi connectivity index (χ1) is 7.10. The maximum absolute atomic E-state index is 10.8. The van der Waals surface area contributed by atoms with Crippen LogP contribution < -0.4 is 29.6 Å². The van der Waals surface area contributed by atoms with Gasteiger partial charge in [0.25, 0.3) is 0 Å². The maximum Gasteiger partial charge on any atom is 1.00 e. The summed E-state index contributed by atoms with van der Waals surface area (Å²) >= 11 is 0. The molecule has 7 heteroatoms. The van der Waals surface area contributed by atoms with Crippen LogP contribution in [0.1, 0.15) is 22.2 Å². The molecule has 0 amide bonds. The molecule has 0 saturated heterocycles. The molecule has 0 saturated carbocycles. The van der Waals surface area contributed by atoms with Crippen LogP contribution in [0.2, 0.25) is 0 Å². The minimum atomic E-state index is -0.781. The van der Waals surface area contributed by atoms with Gasteiger partial charge in [-0.3, -0.25) is 0 Å². The van der Waals surface area contributed by atoms with E-state index in [9.17, 15) is 9.59 Å². The average Bonchev–Trinajstić information content (AvgIpc) is 2.15. The molecule has 1 unspecified atom stereocenters. The zero-order valence-electron chi connectivity index (χ0n) is 11.1. The molecule has 0 N–H and O–H groups in total. The number of hydrogen-bond acceptors (Lipinski definition) is 6. The van der Waals surface area contributed by atoms with Crippen molar-refractivity contribution in [1.82, 2.24) is 0 Å². The summed E-state index contributed by atoms with van der Waals surface area (Å²) in [5, 5.41) is 0. The molecule has 0 aromatic rings. The van der Waals surface area contributed by atoms with Crippen LogP contribution in [0.15, 0.2) is 0 Å². The van der Waals surface area contributed by atoms with Gasteiger partial charge in [0.05, 0.1) is 13.2 Å². The van der Waals surface area contributed by atoms with Gasteiger partial charge in [0.15, 0.2) is 0 Å². The monoisotopic (exact) mass is 244 g/mol. The van der Waals surface area contributed by atoms with Crippen molar-refractivity contribution in [3.05, 3.63) is 0 Å². The van der Waals surface area contributed by atoms with Crippen LogP contribution in [0, 0.1) is 0 Å². The Kier molecular flexibility index (Phi) is 12.4. The van der Waals surface area contributed by atoms with Gasteiger partial charge in [0, 0.05) is 0 Å². The van der Waals surface area contributed by atoms with Crippen molar-refractivity contribution >= 4 is 12.3 Å². The second-order valence-electron chi connectivity index (χ2n) is 2.61. The molecule has 0 aliphatic rings. The zero-order chi connectivity index (χ0) is 11.7. The van der Waals surface area contributed by atoms with Crippen LogP contribution in [-0.4, -0.2) is 38.2 Å². The predicted molar refractivity (Wildman–Crippen MR) is 51.7 cm³/mol. The van der Waals surface area contributed by atoms with Crippen LogP contribution in [0.4, 0.5) is 9.59 Å². The largest absolute Gasteiger partial charge is 1.00 e. The van der Waals surface area contributed by atoms with Gasteiger partial charge in [-0.1, -0.05) is 0 Å². The van der Waals surface area contributed by atoms with Crippen molar-refractivity contribution in [2.75, 3.05) is 19.8 Å². The van der Waals surface area contributed by atoms with Crippen molar-refractivity contribution in [3.63, 3.8) is 0 Å². The number of carbonyl (C=O) groups is 2. The maximum atomic E-state index is 10.8. The van der Waals surface area contributed by atoms with E-state index in [0.717, 1.165) is 0 Å². The Balaban J connectivity index is -0.000000980. The van der Waals surface area contributed by atoms with Crippen molar-refractivity contribution in [2.45, 2.75) is 26.9 Å². The van der Waals surface area contributed by atoms with E-state index in [0.29, 0.717) is 0 Å². The second kappa shape index (κ2) is 11.0. The van der Waals surface area contributed by atoms with Crippen LogP contribution in [-0.2, 0) is 18.9 Å².